The van der Waals surface area contributed by atoms with Crippen LogP contribution < -0.4 is 0 Å². The van der Waals surface area contributed by atoms with Gasteiger partial charge in [-0.1, -0.05) is 338 Å². The first-order chi connectivity index (χ1) is 46.1. The Balaban J connectivity index is 5.24. The molecule has 3 N–H and O–H groups in total. The van der Waals surface area contributed by atoms with Crippen LogP contribution >= 0.6 is 15.6 Å². The molecule has 0 aliphatic rings. The van der Waals surface area contributed by atoms with E-state index in [2.05, 4.69) is 55.4 Å². The number of hydrogen-bond donors (Lipinski definition) is 3. The zero-order valence-electron chi connectivity index (χ0n) is 63.0. The van der Waals surface area contributed by atoms with E-state index >= 15 is 0 Å². The lowest BCUT2D eigenvalue weighted by Crippen LogP contribution is -2.30. The van der Waals surface area contributed by atoms with Gasteiger partial charge in [-0.3, -0.25) is 37.3 Å². The maximum Gasteiger partial charge on any atom is 0.472 e. The third-order valence-corrected chi connectivity index (χ3v) is 20.1. The summed E-state index contributed by atoms with van der Waals surface area (Å²) in [5.74, 6) is 0.960. The second-order valence-corrected chi connectivity index (χ2v) is 32.3. The summed E-state index contributed by atoms with van der Waals surface area (Å²) >= 11 is 0. The minimum Gasteiger partial charge on any atom is -0.462 e. The van der Waals surface area contributed by atoms with Crippen LogP contribution in [0.2, 0.25) is 0 Å². The fourth-order valence-electron chi connectivity index (χ4n) is 11.7. The van der Waals surface area contributed by atoms with E-state index in [9.17, 15) is 43.2 Å². The summed E-state index contributed by atoms with van der Waals surface area (Å²) in [7, 11) is -9.92. The zero-order chi connectivity index (χ0) is 71.0. The third kappa shape index (κ3) is 69.2. The van der Waals surface area contributed by atoms with Crippen LogP contribution in [0.5, 0.6) is 0 Å². The monoisotopic (exact) mass is 1410 g/mol. The molecule has 0 spiro atoms. The minimum absolute atomic E-state index is 0.105. The van der Waals surface area contributed by atoms with Gasteiger partial charge in [0.15, 0.2) is 12.2 Å². The Labute approximate surface area is 588 Å². The lowest BCUT2D eigenvalue weighted by molar-refractivity contribution is -0.161. The molecule has 0 aromatic carbocycles. The number of phosphoric acid groups is 2. The molecule has 96 heavy (non-hydrogen) atoms. The predicted molar refractivity (Wildman–Crippen MR) is 391 cm³/mol. The molecular formula is C77H150O17P2. The van der Waals surface area contributed by atoms with Crippen LogP contribution in [0.25, 0.3) is 0 Å². The largest absolute Gasteiger partial charge is 0.472 e. The SMILES string of the molecule is CCC(C)CCCCCCCCCCCCC(=O)O[C@H](COC(=O)CCCCCCCCCCCCCCCCCC(C)C)COP(=O)(O)OCC(O)COP(=O)(O)OC[C@@H](COC(=O)CCCCCCCCCC(C)C)OC(=O)CCCCCCCCCCCCCC(C)C. The van der Waals surface area contributed by atoms with E-state index < -0.39 is 97.5 Å². The van der Waals surface area contributed by atoms with Crippen LogP contribution in [-0.4, -0.2) is 96.7 Å². The Bertz CT molecular complexity index is 1890. The van der Waals surface area contributed by atoms with Gasteiger partial charge in [0.2, 0.25) is 0 Å². The van der Waals surface area contributed by atoms with Gasteiger partial charge in [0, 0.05) is 25.7 Å². The Hall–Kier alpha value is -1.94. The molecule has 0 aromatic rings. The van der Waals surface area contributed by atoms with E-state index in [4.69, 9.17) is 37.0 Å². The number of rotatable bonds is 74. The molecule has 0 aliphatic heterocycles. The summed E-state index contributed by atoms with van der Waals surface area (Å²) in [5.41, 5.74) is 0. The highest BCUT2D eigenvalue weighted by Gasteiger charge is 2.30. The van der Waals surface area contributed by atoms with Crippen LogP contribution in [-0.2, 0) is 65.4 Å². The van der Waals surface area contributed by atoms with Crippen molar-refractivity contribution in [2.75, 3.05) is 39.6 Å². The minimum atomic E-state index is -4.96. The van der Waals surface area contributed by atoms with Gasteiger partial charge < -0.3 is 33.8 Å². The van der Waals surface area contributed by atoms with Gasteiger partial charge >= 0.3 is 39.5 Å². The van der Waals surface area contributed by atoms with Gasteiger partial charge in [-0.15, -0.1) is 0 Å². The predicted octanol–water partition coefficient (Wildman–Crippen LogP) is 22.4. The summed E-state index contributed by atoms with van der Waals surface area (Å²) in [4.78, 5) is 72.9. The molecular weight excluding hydrogens is 1260 g/mol. The van der Waals surface area contributed by atoms with Crippen LogP contribution in [0.4, 0.5) is 0 Å². The Morgan fingerprint density at radius 1 is 0.292 bits per heavy atom. The second-order valence-electron chi connectivity index (χ2n) is 29.4. The quantitative estimate of drug-likeness (QED) is 0.0222. The molecule has 0 rings (SSSR count). The first-order valence-corrected chi connectivity index (χ1v) is 42.7. The molecule has 0 fully saturated rings. The number of hydrogen-bond acceptors (Lipinski definition) is 15. The number of carbonyl (C=O) groups excluding carboxylic acids is 4. The summed E-state index contributed by atoms with van der Waals surface area (Å²) in [6.45, 7) is 14.2. The first kappa shape index (κ1) is 94.1. The van der Waals surface area contributed by atoms with Gasteiger partial charge in [0.25, 0.3) is 0 Å². The summed E-state index contributed by atoms with van der Waals surface area (Å²) in [6.07, 6.45) is 51.3. The third-order valence-electron chi connectivity index (χ3n) is 18.2. The molecule has 17 nitrogen and oxygen atoms in total. The van der Waals surface area contributed by atoms with Gasteiger partial charge in [0.05, 0.1) is 26.4 Å². The first-order valence-electron chi connectivity index (χ1n) is 39.7. The van der Waals surface area contributed by atoms with Gasteiger partial charge in [-0.2, -0.15) is 0 Å². The standard InChI is InChI=1S/C77H150O17P2/c1-9-70(8)56-48-40-32-24-20-21-27-35-44-52-60-77(82)93-72(63-87-74(79)57-49-41-33-25-18-14-12-10-11-13-16-22-29-37-45-53-67(2)3)65-91-95(83,84)89-61-71(78)62-90-96(85,86)92-66-73(64-88-75(80)58-50-42-36-28-31-39-47-55-69(6)7)94-76(81)59-51-43-34-26-19-15-17-23-30-38-46-54-68(4)5/h67-73,78H,9-66H2,1-8H3,(H,83,84)(H,85,86)/t70?,71?,72-,73-/m1/s1. The van der Waals surface area contributed by atoms with E-state index in [1.807, 2.05) is 0 Å². The van der Waals surface area contributed by atoms with Crippen molar-refractivity contribution in [3.63, 3.8) is 0 Å². The highest BCUT2D eigenvalue weighted by molar-refractivity contribution is 7.47. The van der Waals surface area contributed by atoms with Crippen LogP contribution in [0, 0.1) is 23.7 Å². The van der Waals surface area contributed by atoms with Crippen molar-refractivity contribution in [1.82, 2.24) is 0 Å². The number of aliphatic hydroxyl groups excluding tert-OH is 1. The van der Waals surface area contributed by atoms with Gasteiger partial charge in [-0.05, 0) is 49.4 Å². The summed E-state index contributed by atoms with van der Waals surface area (Å²) in [5, 5.41) is 10.6. The Morgan fingerprint density at radius 3 is 0.740 bits per heavy atom. The molecule has 0 aromatic heterocycles. The fourth-order valence-corrected chi connectivity index (χ4v) is 13.3. The van der Waals surface area contributed by atoms with Crippen molar-refractivity contribution in [3.8, 4) is 0 Å². The van der Waals surface area contributed by atoms with Crippen molar-refractivity contribution in [3.05, 3.63) is 0 Å². The van der Waals surface area contributed by atoms with Crippen LogP contribution in [0.3, 0.4) is 0 Å². The van der Waals surface area contributed by atoms with Crippen molar-refractivity contribution >= 4 is 39.5 Å². The molecule has 0 radical (unpaired) electrons. The normalized spacial score (nSPS) is 14.4. The highest BCUT2D eigenvalue weighted by Crippen LogP contribution is 2.45. The molecule has 0 saturated carbocycles. The number of aliphatic hydroxyl groups is 1. The maximum absolute atomic E-state index is 13.1. The number of ether oxygens (including phenoxy) is 4. The smallest absolute Gasteiger partial charge is 0.462 e. The second kappa shape index (κ2) is 66.3. The van der Waals surface area contributed by atoms with Gasteiger partial charge in [0.1, 0.15) is 19.3 Å². The van der Waals surface area contributed by atoms with E-state index in [0.717, 1.165) is 114 Å². The number of unbranched alkanes of at least 4 members (excludes halogenated alkanes) is 39. The average Bonchev–Trinajstić information content (AvgIpc) is 1.15. The van der Waals surface area contributed by atoms with Crippen molar-refractivity contribution in [2.24, 2.45) is 23.7 Å². The zero-order valence-corrected chi connectivity index (χ0v) is 64.8. The van der Waals surface area contributed by atoms with Crippen LogP contribution in [0.15, 0.2) is 0 Å². The van der Waals surface area contributed by atoms with Crippen LogP contribution in [0.1, 0.15) is 389 Å². The maximum atomic E-state index is 13.1. The number of carbonyl (C=O) groups is 4. The molecule has 0 amide bonds. The summed E-state index contributed by atoms with van der Waals surface area (Å²) < 4.78 is 68.6. The van der Waals surface area contributed by atoms with E-state index in [1.54, 1.807) is 0 Å². The lowest BCUT2D eigenvalue weighted by atomic mass is 9.99. The molecule has 0 heterocycles. The molecule has 19 heteroatoms. The number of esters is 4. The molecule has 4 unspecified atom stereocenters. The average molecular weight is 1410 g/mol. The fraction of sp³-hybridized carbons (Fsp3) is 0.948. The molecule has 0 bridgehead atoms. The van der Waals surface area contributed by atoms with Crippen molar-refractivity contribution < 1.29 is 80.2 Å². The van der Waals surface area contributed by atoms with Crippen molar-refractivity contribution in [1.29, 1.82) is 0 Å². The Kier molecular flexibility index (Phi) is 65.0. The molecule has 0 aliphatic carbocycles. The van der Waals surface area contributed by atoms with E-state index in [1.165, 1.54) is 186 Å². The number of phosphoric ester groups is 2. The molecule has 6 atom stereocenters. The molecule has 570 valence electrons. The van der Waals surface area contributed by atoms with E-state index in [-0.39, 0.29) is 25.7 Å². The summed E-state index contributed by atoms with van der Waals surface area (Å²) in [6, 6.07) is 0. The Morgan fingerprint density at radius 2 is 0.500 bits per heavy atom. The lowest BCUT2D eigenvalue weighted by Gasteiger charge is -2.21. The van der Waals surface area contributed by atoms with E-state index in [0.29, 0.717) is 31.6 Å². The highest BCUT2D eigenvalue weighted by atomic mass is 31.2. The molecule has 0 saturated heterocycles. The van der Waals surface area contributed by atoms with Gasteiger partial charge in [-0.25, -0.2) is 9.13 Å². The van der Waals surface area contributed by atoms with Crippen molar-refractivity contribution in [2.45, 2.75) is 408 Å². The topological polar surface area (TPSA) is 237 Å².